The molecular formula is C7H14F3NO2. The summed E-state index contributed by atoms with van der Waals surface area (Å²) in [7, 11) is 2.68. The van der Waals surface area contributed by atoms with Crippen LogP contribution in [0.2, 0.25) is 0 Å². The molecule has 0 radical (unpaired) electrons. The Morgan fingerprint density at radius 1 is 1.46 bits per heavy atom. The average molecular weight is 201 g/mol. The highest BCUT2D eigenvalue weighted by molar-refractivity contribution is 4.63. The van der Waals surface area contributed by atoms with Crippen molar-refractivity contribution >= 4 is 0 Å². The van der Waals surface area contributed by atoms with E-state index in [9.17, 15) is 13.2 Å². The zero-order chi connectivity index (χ0) is 10.5. The van der Waals surface area contributed by atoms with E-state index in [1.165, 1.54) is 14.2 Å². The molecule has 0 spiro atoms. The molecule has 0 saturated carbocycles. The first-order valence-corrected chi connectivity index (χ1v) is 3.77. The number of methoxy groups -OCH3 is 1. The molecule has 3 nitrogen and oxygen atoms in total. The Kier molecular flexibility index (Phi) is 5.27. The monoisotopic (exact) mass is 201 g/mol. The van der Waals surface area contributed by atoms with Crippen LogP contribution >= 0.6 is 0 Å². The molecule has 0 aromatic heterocycles. The topological polar surface area (TPSA) is 32.7 Å². The normalized spacial score (nSPS) is 15.0. The first kappa shape index (κ1) is 12.7. The highest BCUT2D eigenvalue weighted by atomic mass is 19.4. The van der Waals surface area contributed by atoms with E-state index in [1.807, 2.05) is 0 Å². The predicted octanol–water partition coefficient (Wildman–Crippen LogP) is 0.488. The van der Waals surface area contributed by atoms with Gasteiger partial charge in [0.05, 0.1) is 19.3 Å². The van der Waals surface area contributed by atoms with Gasteiger partial charge >= 0.3 is 6.18 Å². The van der Waals surface area contributed by atoms with Crippen LogP contribution in [-0.4, -0.2) is 56.1 Å². The van der Waals surface area contributed by atoms with E-state index in [2.05, 4.69) is 4.74 Å². The van der Waals surface area contributed by atoms with Crippen LogP contribution in [0.25, 0.3) is 0 Å². The van der Waals surface area contributed by atoms with Gasteiger partial charge < -0.3 is 9.84 Å². The standard InChI is InChI=1S/C7H14F3NO2/c1-11(5-7(8,9)10)3-6(12)4-13-2/h6,12H,3-5H2,1-2H3/t6-/m0/s1. The summed E-state index contributed by atoms with van der Waals surface area (Å²) in [5.74, 6) is 0. The molecule has 0 aliphatic heterocycles. The Bertz CT molecular complexity index is 140. The lowest BCUT2D eigenvalue weighted by atomic mass is 10.3. The molecule has 6 heteroatoms. The number of aliphatic hydroxyl groups excluding tert-OH is 1. The number of ether oxygens (including phenoxy) is 1. The third kappa shape index (κ3) is 8.01. The van der Waals surface area contributed by atoms with Gasteiger partial charge in [0.2, 0.25) is 0 Å². The smallest absolute Gasteiger partial charge is 0.389 e. The van der Waals surface area contributed by atoms with E-state index < -0.39 is 18.8 Å². The van der Waals surface area contributed by atoms with Gasteiger partial charge in [-0.3, -0.25) is 4.90 Å². The van der Waals surface area contributed by atoms with Crippen LogP contribution in [0.3, 0.4) is 0 Å². The van der Waals surface area contributed by atoms with Gasteiger partial charge in [-0.05, 0) is 7.05 Å². The molecule has 13 heavy (non-hydrogen) atoms. The second kappa shape index (κ2) is 5.41. The summed E-state index contributed by atoms with van der Waals surface area (Å²) in [6, 6.07) is 0. The largest absolute Gasteiger partial charge is 0.401 e. The summed E-state index contributed by atoms with van der Waals surface area (Å²) >= 11 is 0. The van der Waals surface area contributed by atoms with Crippen LogP contribution in [0, 0.1) is 0 Å². The first-order valence-electron chi connectivity index (χ1n) is 3.77. The van der Waals surface area contributed by atoms with Gasteiger partial charge in [-0.25, -0.2) is 0 Å². The number of rotatable bonds is 5. The fourth-order valence-corrected chi connectivity index (χ4v) is 0.975. The highest BCUT2D eigenvalue weighted by Crippen LogP contribution is 2.15. The van der Waals surface area contributed by atoms with Crippen LogP contribution in [0.15, 0.2) is 0 Å². The number of nitrogens with zero attached hydrogens (tertiary/aromatic N) is 1. The lowest BCUT2D eigenvalue weighted by Gasteiger charge is -2.21. The fraction of sp³-hybridized carbons (Fsp3) is 1.00. The second-order valence-corrected chi connectivity index (χ2v) is 2.92. The number of hydrogen-bond donors (Lipinski definition) is 1. The summed E-state index contributed by atoms with van der Waals surface area (Å²) in [5, 5.41) is 9.08. The average Bonchev–Trinajstić information content (AvgIpc) is 1.81. The van der Waals surface area contributed by atoms with Crippen molar-refractivity contribution in [3.63, 3.8) is 0 Å². The van der Waals surface area contributed by atoms with Crippen molar-refractivity contribution in [3.8, 4) is 0 Å². The Morgan fingerprint density at radius 2 is 2.00 bits per heavy atom. The van der Waals surface area contributed by atoms with E-state index in [1.54, 1.807) is 0 Å². The molecule has 0 heterocycles. The van der Waals surface area contributed by atoms with E-state index >= 15 is 0 Å². The molecule has 0 fully saturated rings. The van der Waals surface area contributed by atoms with Gasteiger partial charge in [-0.2, -0.15) is 13.2 Å². The summed E-state index contributed by atoms with van der Waals surface area (Å²) < 4.78 is 39.9. The van der Waals surface area contributed by atoms with Crippen LogP contribution in [0.5, 0.6) is 0 Å². The summed E-state index contributed by atoms with van der Waals surface area (Å²) in [5.41, 5.74) is 0. The molecule has 80 valence electrons. The van der Waals surface area contributed by atoms with Gasteiger partial charge in [0.15, 0.2) is 0 Å². The Morgan fingerprint density at radius 3 is 2.38 bits per heavy atom. The maximum atomic E-state index is 11.8. The van der Waals surface area contributed by atoms with Gasteiger partial charge in [0, 0.05) is 13.7 Å². The predicted molar refractivity (Wildman–Crippen MR) is 41.4 cm³/mol. The minimum Gasteiger partial charge on any atom is -0.389 e. The molecule has 1 N–H and O–H groups in total. The van der Waals surface area contributed by atoms with Crippen molar-refractivity contribution in [1.82, 2.24) is 4.90 Å². The van der Waals surface area contributed by atoms with Gasteiger partial charge in [-0.1, -0.05) is 0 Å². The SMILES string of the molecule is COC[C@@H](O)CN(C)CC(F)(F)F. The Balaban J connectivity index is 3.67. The molecule has 0 aromatic carbocycles. The van der Waals surface area contributed by atoms with E-state index in [-0.39, 0.29) is 13.2 Å². The zero-order valence-corrected chi connectivity index (χ0v) is 7.64. The summed E-state index contributed by atoms with van der Waals surface area (Å²) in [4.78, 5) is 1.00. The zero-order valence-electron chi connectivity index (χ0n) is 7.64. The fourth-order valence-electron chi connectivity index (χ4n) is 0.975. The van der Waals surface area contributed by atoms with Crippen molar-refractivity contribution in [2.24, 2.45) is 0 Å². The van der Waals surface area contributed by atoms with Crippen LogP contribution < -0.4 is 0 Å². The third-order valence-corrected chi connectivity index (χ3v) is 1.33. The third-order valence-electron chi connectivity index (χ3n) is 1.33. The number of aliphatic hydroxyl groups is 1. The van der Waals surface area contributed by atoms with Crippen molar-refractivity contribution in [2.75, 3.05) is 33.9 Å². The number of likely N-dealkylation sites (N-methyl/N-ethyl adjacent to an activating group) is 1. The molecule has 0 bridgehead atoms. The summed E-state index contributed by atoms with van der Waals surface area (Å²) in [6.07, 6.45) is -5.10. The maximum absolute atomic E-state index is 11.8. The Labute approximate surface area is 75.1 Å². The lowest BCUT2D eigenvalue weighted by molar-refractivity contribution is -0.146. The van der Waals surface area contributed by atoms with Crippen LogP contribution in [-0.2, 0) is 4.74 Å². The van der Waals surface area contributed by atoms with Crippen molar-refractivity contribution < 1.29 is 23.0 Å². The Hall–Kier alpha value is -0.330. The van der Waals surface area contributed by atoms with E-state index in [0.29, 0.717) is 0 Å². The van der Waals surface area contributed by atoms with Crippen LogP contribution in [0.1, 0.15) is 0 Å². The van der Waals surface area contributed by atoms with Crippen molar-refractivity contribution in [2.45, 2.75) is 12.3 Å². The lowest BCUT2D eigenvalue weighted by Crippen LogP contribution is -2.37. The highest BCUT2D eigenvalue weighted by Gasteiger charge is 2.29. The number of hydrogen-bond acceptors (Lipinski definition) is 3. The summed E-state index contributed by atoms with van der Waals surface area (Å²) in [6.45, 7) is -1.02. The van der Waals surface area contributed by atoms with Crippen molar-refractivity contribution in [3.05, 3.63) is 0 Å². The quantitative estimate of drug-likeness (QED) is 0.702. The van der Waals surface area contributed by atoms with E-state index in [4.69, 9.17) is 5.11 Å². The molecule has 0 aliphatic rings. The molecule has 1 atom stereocenters. The van der Waals surface area contributed by atoms with E-state index in [0.717, 1.165) is 4.90 Å². The molecular weight excluding hydrogens is 187 g/mol. The second-order valence-electron chi connectivity index (χ2n) is 2.92. The number of alkyl halides is 3. The van der Waals surface area contributed by atoms with Gasteiger partial charge in [0.25, 0.3) is 0 Å². The minimum atomic E-state index is -4.22. The maximum Gasteiger partial charge on any atom is 0.401 e. The van der Waals surface area contributed by atoms with Crippen LogP contribution in [0.4, 0.5) is 13.2 Å². The molecule has 0 aliphatic carbocycles. The molecule has 0 unspecified atom stereocenters. The molecule has 0 amide bonds. The molecule has 0 aromatic rings. The van der Waals surface area contributed by atoms with Gasteiger partial charge in [-0.15, -0.1) is 0 Å². The molecule has 0 rings (SSSR count). The molecule has 0 saturated heterocycles. The minimum absolute atomic E-state index is 0.0438. The van der Waals surface area contributed by atoms with Crippen molar-refractivity contribution in [1.29, 1.82) is 0 Å². The van der Waals surface area contributed by atoms with Gasteiger partial charge in [0.1, 0.15) is 0 Å². The first-order chi connectivity index (χ1) is 5.85. The number of halogens is 3.